The predicted octanol–water partition coefficient (Wildman–Crippen LogP) is 7.74. The molecule has 2 aliphatic heterocycles. The van der Waals surface area contributed by atoms with Crippen molar-refractivity contribution < 1.29 is 38.5 Å². The Morgan fingerprint density at radius 1 is 0.774 bits per heavy atom. The first-order valence-corrected chi connectivity index (χ1v) is 20.9. The van der Waals surface area contributed by atoms with Crippen LogP contribution in [0.1, 0.15) is 46.6 Å². The third kappa shape index (κ3) is 6.64. The maximum absolute atomic E-state index is 15.5. The number of aliphatic hydroxyl groups excluding tert-OH is 1. The van der Waals surface area contributed by atoms with Gasteiger partial charge in [0, 0.05) is 17.0 Å². The molecule has 4 aliphatic rings. The van der Waals surface area contributed by atoms with Crippen molar-refractivity contribution >= 4 is 47.2 Å². The summed E-state index contributed by atoms with van der Waals surface area (Å²) in [6, 6.07) is 37.1. The fourth-order valence-electron chi connectivity index (χ4n) is 10.2. The molecule has 2 aliphatic carbocycles. The number of nitrogens with one attached hydrogen (secondary N) is 1. The molecule has 6 atom stereocenters. The zero-order valence-electron chi connectivity index (χ0n) is 34.7. The molecule has 0 spiro atoms. The number of fused-ring (bicyclic) bond motifs is 4. The highest BCUT2D eigenvalue weighted by atomic mass is 16.5. The van der Waals surface area contributed by atoms with Crippen LogP contribution in [0.4, 0.5) is 11.4 Å². The second-order valence-electron chi connectivity index (χ2n) is 16.2. The molecule has 1 saturated carbocycles. The maximum atomic E-state index is 15.5. The number of anilines is 2. The zero-order valence-corrected chi connectivity index (χ0v) is 34.7. The molecule has 2 N–H and O–H groups in total. The lowest BCUT2D eigenvalue weighted by molar-refractivity contribution is -0.138. The first-order valence-electron chi connectivity index (χ1n) is 20.9. The molecule has 314 valence electrons. The number of rotatable bonds is 12. The number of carbonyl (C=O) groups is 4. The number of carbonyl (C=O) groups excluding carboxylic acids is 4. The van der Waals surface area contributed by atoms with E-state index >= 15 is 9.59 Å². The molecule has 2 heterocycles. The number of hydrogen-bond acceptors (Lipinski definition) is 9. The van der Waals surface area contributed by atoms with Gasteiger partial charge in [-0.1, -0.05) is 102 Å². The van der Waals surface area contributed by atoms with Gasteiger partial charge >= 0.3 is 0 Å². The van der Waals surface area contributed by atoms with Crippen LogP contribution in [0.2, 0.25) is 0 Å². The molecule has 6 unspecified atom stereocenters. The van der Waals surface area contributed by atoms with Gasteiger partial charge in [-0.3, -0.25) is 29.5 Å². The summed E-state index contributed by atoms with van der Waals surface area (Å²) in [5, 5.41) is 11.0. The summed E-state index contributed by atoms with van der Waals surface area (Å²) in [5.41, 5.74) is 7.58. The molecule has 11 heteroatoms. The minimum Gasteiger partial charge on any atom is -0.497 e. The van der Waals surface area contributed by atoms with Crippen molar-refractivity contribution in [3.05, 3.63) is 161 Å². The van der Waals surface area contributed by atoms with Crippen LogP contribution in [0.25, 0.3) is 12.2 Å². The molecule has 0 aromatic heterocycles. The Hall–Kier alpha value is -6.98. The topological polar surface area (TPSA) is 135 Å². The number of methoxy groups -OCH3 is 2. The van der Waals surface area contributed by atoms with E-state index in [1.807, 2.05) is 128 Å². The van der Waals surface area contributed by atoms with E-state index in [0.717, 1.165) is 27.3 Å². The van der Waals surface area contributed by atoms with Crippen molar-refractivity contribution in [3.63, 3.8) is 0 Å². The summed E-state index contributed by atoms with van der Waals surface area (Å²) >= 11 is 0. The number of imide groups is 2. The summed E-state index contributed by atoms with van der Waals surface area (Å²) in [4.78, 5) is 61.2. The number of benzene rings is 5. The Morgan fingerprint density at radius 2 is 1.52 bits per heavy atom. The van der Waals surface area contributed by atoms with Crippen LogP contribution in [0.15, 0.2) is 133 Å². The maximum Gasteiger partial charge on any atom is 0.260 e. The third-order valence-corrected chi connectivity index (χ3v) is 13.0. The summed E-state index contributed by atoms with van der Waals surface area (Å²) in [7, 11) is 3.22. The van der Waals surface area contributed by atoms with Gasteiger partial charge in [0.05, 0.1) is 55.4 Å². The number of allylic oxidation sites excluding steroid dienone is 2. The number of aliphatic hydroxyl groups is 1. The molecule has 9 rings (SSSR count). The average molecular weight is 830 g/mol. The van der Waals surface area contributed by atoms with Gasteiger partial charge in [0.1, 0.15) is 23.9 Å². The van der Waals surface area contributed by atoms with E-state index in [1.165, 1.54) is 4.90 Å². The molecule has 0 bridgehead atoms. The highest BCUT2D eigenvalue weighted by Gasteiger charge is 2.70. The van der Waals surface area contributed by atoms with E-state index in [9.17, 15) is 14.7 Å². The third-order valence-electron chi connectivity index (χ3n) is 13.0. The van der Waals surface area contributed by atoms with E-state index in [-0.39, 0.29) is 37.9 Å². The first kappa shape index (κ1) is 40.4. The Bertz CT molecular complexity index is 2610. The van der Waals surface area contributed by atoms with Gasteiger partial charge in [-0.15, -0.1) is 0 Å². The first-order chi connectivity index (χ1) is 30.2. The molecular weight excluding hydrogens is 783 g/mol. The largest absolute Gasteiger partial charge is 0.497 e. The van der Waals surface area contributed by atoms with Crippen molar-refractivity contribution in [1.29, 1.82) is 0 Å². The van der Waals surface area contributed by atoms with Gasteiger partial charge in [0.15, 0.2) is 0 Å². The molecule has 11 nitrogen and oxygen atoms in total. The molecule has 3 fully saturated rings. The number of para-hydroxylation sites is 1. The fourth-order valence-corrected chi connectivity index (χ4v) is 10.2. The Labute approximate surface area is 360 Å². The van der Waals surface area contributed by atoms with Crippen molar-refractivity contribution in [1.82, 2.24) is 5.01 Å². The summed E-state index contributed by atoms with van der Waals surface area (Å²) in [6.07, 6.45) is 6.31. The van der Waals surface area contributed by atoms with Gasteiger partial charge < -0.3 is 19.3 Å². The SMILES string of the molecule is COc1ccc(OC)c(C=Cc2ccc(N3C(=O)C4CC=C5C(CC6C(=O)N(Nc7ccc(C)cc7)C(=O)C6(c6ccccc6)C5c5ccccc5OCCO)C4C3=O)cc2)c1. The van der Waals surface area contributed by atoms with Gasteiger partial charge in [-0.25, -0.2) is 0 Å². The van der Waals surface area contributed by atoms with Gasteiger partial charge in [0.2, 0.25) is 11.8 Å². The lowest BCUT2D eigenvalue weighted by Gasteiger charge is -2.50. The molecule has 5 aromatic carbocycles. The minimum atomic E-state index is -1.45. The number of aryl methyl sites for hydroxylation is 1. The number of nitrogens with zero attached hydrogens (tertiary/aromatic N) is 2. The van der Waals surface area contributed by atoms with Crippen LogP contribution in [0, 0.1) is 30.6 Å². The highest BCUT2D eigenvalue weighted by Crippen LogP contribution is 2.65. The van der Waals surface area contributed by atoms with E-state index in [0.29, 0.717) is 39.8 Å². The minimum absolute atomic E-state index is 0.0123. The summed E-state index contributed by atoms with van der Waals surface area (Å²) in [5.74, 6) is -3.28. The highest BCUT2D eigenvalue weighted by molar-refractivity contribution is 6.22. The normalized spacial score (nSPS) is 24.1. The number of hydrazine groups is 1. The van der Waals surface area contributed by atoms with Crippen molar-refractivity contribution in [2.24, 2.45) is 23.7 Å². The molecular formula is C51H47N3O8. The molecule has 62 heavy (non-hydrogen) atoms. The van der Waals surface area contributed by atoms with Crippen LogP contribution in [-0.2, 0) is 24.6 Å². The van der Waals surface area contributed by atoms with Gasteiger partial charge in [0.25, 0.3) is 11.8 Å². The fraction of sp³-hybridized carbons (Fsp3) is 0.255. The zero-order chi connectivity index (χ0) is 43.1. The molecule has 0 radical (unpaired) electrons. The smallest absolute Gasteiger partial charge is 0.260 e. The van der Waals surface area contributed by atoms with E-state index in [2.05, 4.69) is 5.43 Å². The Balaban J connectivity index is 1.12. The summed E-state index contributed by atoms with van der Waals surface area (Å²) in [6.45, 7) is 1.75. The lowest BCUT2D eigenvalue weighted by Crippen LogP contribution is -2.53. The quantitative estimate of drug-likeness (QED) is 0.0736. The van der Waals surface area contributed by atoms with Crippen LogP contribution < -0.4 is 24.5 Å². The van der Waals surface area contributed by atoms with E-state index in [1.54, 1.807) is 32.4 Å². The molecule has 4 amide bonds. The standard InChI is InChI=1S/C51H47N3O8/c1-31-13-19-35(20-14-31)52-54-48(57)42-30-41-38(46(39-11-7-8-12-44(39)62-28-27-55)51(42,50(54)59)34-9-5-4-6-10-34)24-25-40-45(41)49(58)53(47(40)56)36-21-16-32(17-22-36)15-18-33-29-37(60-2)23-26-43(33)61-3/h4-24,26,29,40-42,45-46,52,55H,25,27-28,30H2,1-3H3. The van der Waals surface area contributed by atoms with Crippen LogP contribution in [-0.4, -0.2) is 61.2 Å². The average Bonchev–Trinajstić information content (AvgIpc) is 3.69. The second kappa shape index (κ2) is 16.5. The number of hydrogen-bond donors (Lipinski definition) is 2. The lowest BCUT2D eigenvalue weighted by atomic mass is 9.49. The Morgan fingerprint density at radius 3 is 2.24 bits per heavy atom. The van der Waals surface area contributed by atoms with Crippen molar-refractivity contribution in [2.75, 3.05) is 37.8 Å². The van der Waals surface area contributed by atoms with Crippen LogP contribution in [0.5, 0.6) is 17.2 Å². The van der Waals surface area contributed by atoms with Crippen LogP contribution >= 0.6 is 0 Å². The monoisotopic (exact) mass is 829 g/mol. The van der Waals surface area contributed by atoms with E-state index in [4.69, 9.17) is 14.2 Å². The van der Waals surface area contributed by atoms with Crippen molar-refractivity contribution in [2.45, 2.75) is 31.1 Å². The van der Waals surface area contributed by atoms with Crippen LogP contribution in [0.3, 0.4) is 0 Å². The summed E-state index contributed by atoms with van der Waals surface area (Å²) < 4.78 is 17.1. The van der Waals surface area contributed by atoms with Gasteiger partial charge in [-0.2, -0.15) is 5.01 Å². The number of amides is 4. The molecule has 5 aromatic rings. The predicted molar refractivity (Wildman–Crippen MR) is 235 cm³/mol. The molecule has 2 saturated heterocycles. The second-order valence-corrected chi connectivity index (χ2v) is 16.2. The van der Waals surface area contributed by atoms with E-state index < -0.39 is 46.8 Å². The number of ether oxygens (including phenoxy) is 3. The van der Waals surface area contributed by atoms with Gasteiger partial charge in [-0.05, 0) is 85.3 Å². The Kier molecular flexibility index (Phi) is 10.7. The van der Waals surface area contributed by atoms with Crippen molar-refractivity contribution in [3.8, 4) is 17.2 Å².